The molecule has 21 heavy (non-hydrogen) atoms. The number of amides is 1. The average Bonchev–Trinajstić information content (AvgIpc) is 2.45. The van der Waals surface area contributed by atoms with E-state index in [4.69, 9.17) is 5.26 Å². The summed E-state index contributed by atoms with van der Waals surface area (Å²) in [7, 11) is 1.68. The number of alkyl halides is 3. The summed E-state index contributed by atoms with van der Waals surface area (Å²) in [6.45, 7) is 3.97. The summed E-state index contributed by atoms with van der Waals surface area (Å²) < 4.78 is 43.3. The molecule has 0 aliphatic heterocycles. The number of halogens is 4. The van der Waals surface area contributed by atoms with Crippen molar-refractivity contribution in [2.24, 2.45) is 0 Å². The predicted octanol–water partition coefficient (Wildman–Crippen LogP) is 3.89. The van der Waals surface area contributed by atoms with Crippen molar-refractivity contribution in [3.63, 3.8) is 0 Å². The number of nitrogens with zero attached hydrogens (tertiary/aromatic N) is 2. The van der Waals surface area contributed by atoms with Crippen LogP contribution < -0.4 is 3.93 Å². The van der Waals surface area contributed by atoms with Gasteiger partial charge in [0.25, 0.3) is 0 Å². The van der Waals surface area contributed by atoms with Gasteiger partial charge in [-0.05, 0) is 25.1 Å². The average molecular weight is 367 g/mol. The Balaban J connectivity index is 0.000000885. The second-order valence-electron chi connectivity index (χ2n) is 3.72. The van der Waals surface area contributed by atoms with Crippen LogP contribution in [0.5, 0.6) is 0 Å². The number of hydrogen-bond donors (Lipinski definition) is 0. The Bertz CT molecular complexity index is 525. The summed E-state index contributed by atoms with van der Waals surface area (Å²) in [6.07, 6.45) is -4.63. The number of methoxy groups -OCH3 is 1. The molecule has 8 heteroatoms. The quantitative estimate of drug-likeness (QED) is 0.746. The Morgan fingerprint density at radius 1 is 1.48 bits per heavy atom. The first-order valence-electron chi connectivity index (χ1n) is 5.75. The van der Waals surface area contributed by atoms with E-state index >= 15 is 0 Å². The highest BCUT2D eigenvalue weighted by molar-refractivity contribution is 9.10. The third-order valence-corrected chi connectivity index (χ3v) is 3.13. The first-order chi connectivity index (χ1) is 9.68. The molecular formula is C13H14BrF3N2O2. The normalized spacial score (nSPS) is 10.2. The van der Waals surface area contributed by atoms with Crippen molar-refractivity contribution in [2.75, 3.05) is 17.6 Å². The Morgan fingerprint density at radius 2 is 2.00 bits per heavy atom. The maximum Gasteiger partial charge on any atom is 0.417 e. The van der Waals surface area contributed by atoms with Crippen LogP contribution in [0.3, 0.4) is 0 Å². The van der Waals surface area contributed by atoms with Gasteiger partial charge in [-0.3, -0.25) is 4.79 Å². The monoisotopic (exact) mass is 366 g/mol. The fourth-order valence-electron chi connectivity index (χ4n) is 1.17. The van der Waals surface area contributed by atoms with Gasteiger partial charge in [0.2, 0.25) is 5.91 Å². The predicted molar refractivity (Wildman–Crippen MR) is 75.8 cm³/mol. The van der Waals surface area contributed by atoms with Gasteiger partial charge in [0, 0.05) is 20.6 Å². The van der Waals surface area contributed by atoms with E-state index in [1.54, 1.807) is 7.11 Å². The van der Waals surface area contributed by atoms with Crippen molar-refractivity contribution < 1.29 is 22.7 Å². The highest BCUT2D eigenvalue weighted by Crippen LogP contribution is 2.34. The largest absolute Gasteiger partial charge is 0.417 e. The lowest BCUT2D eigenvalue weighted by Crippen LogP contribution is -2.17. The maximum atomic E-state index is 12.6. The van der Waals surface area contributed by atoms with Gasteiger partial charge in [-0.25, -0.2) is 3.93 Å². The van der Waals surface area contributed by atoms with Crippen LogP contribution in [-0.4, -0.2) is 19.6 Å². The Morgan fingerprint density at radius 3 is 2.33 bits per heavy atom. The molecular weight excluding hydrogens is 353 g/mol. The molecule has 0 aromatic heterocycles. The summed E-state index contributed by atoms with van der Waals surface area (Å²) in [6, 6.07) is 4.48. The van der Waals surface area contributed by atoms with Crippen molar-refractivity contribution >= 4 is 27.7 Å². The molecule has 0 bridgehead atoms. The first-order valence-corrected chi connectivity index (χ1v) is 6.46. The van der Waals surface area contributed by atoms with Crippen molar-refractivity contribution in [3.8, 4) is 6.07 Å². The second-order valence-corrected chi connectivity index (χ2v) is 4.43. The molecule has 1 aromatic carbocycles. The summed E-state index contributed by atoms with van der Waals surface area (Å²) in [5.41, 5.74) is -1.53. The van der Waals surface area contributed by atoms with Crippen molar-refractivity contribution in [1.29, 1.82) is 5.26 Å². The zero-order valence-electron chi connectivity index (χ0n) is 11.7. The van der Waals surface area contributed by atoms with E-state index in [0.29, 0.717) is 0 Å². The van der Waals surface area contributed by atoms with Crippen LogP contribution in [0.25, 0.3) is 0 Å². The molecule has 116 valence electrons. The highest BCUT2D eigenvalue weighted by Gasteiger charge is 2.34. The molecule has 0 saturated heterocycles. The molecule has 1 rings (SSSR count). The highest BCUT2D eigenvalue weighted by atomic mass is 79.9. The molecule has 0 aliphatic carbocycles. The fourth-order valence-corrected chi connectivity index (χ4v) is 1.39. The third kappa shape index (κ3) is 6.14. The minimum Gasteiger partial charge on any atom is -0.385 e. The van der Waals surface area contributed by atoms with Crippen LogP contribution in [0, 0.1) is 11.3 Å². The molecule has 0 radical (unpaired) electrons. The van der Waals surface area contributed by atoms with Gasteiger partial charge in [-0.15, -0.1) is 0 Å². The summed E-state index contributed by atoms with van der Waals surface area (Å²) in [5, 5.41) is 8.58. The second kappa shape index (κ2) is 8.64. The molecule has 0 atom stereocenters. The number of carbonyl (C=O) groups excluding carboxylic acids is 1. The zero-order chi connectivity index (χ0) is 16.6. The smallest absolute Gasteiger partial charge is 0.385 e. The standard InChI is InChI=1S/C10H6BrF3N2O.C3H8O/c1-6(17)16(11)8-3-2-7(5-15)9(4-8)10(12,13)14;1-3-4-2/h2-4H,1H3;3H2,1-2H3. The van der Waals surface area contributed by atoms with Gasteiger partial charge in [0.15, 0.2) is 0 Å². The third-order valence-electron chi connectivity index (χ3n) is 2.22. The lowest BCUT2D eigenvalue weighted by Gasteiger charge is -2.15. The molecule has 0 saturated carbocycles. The van der Waals surface area contributed by atoms with E-state index in [9.17, 15) is 18.0 Å². The molecule has 4 nitrogen and oxygen atoms in total. The van der Waals surface area contributed by atoms with Crippen molar-refractivity contribution in [1.82, 2.24) is 0 Å². The minimum absolute atomic E-state index is 0.0174. The number of anilines is 1. The van der Waals surface area contributed by atoms with Crippen molar-refractivity contribution in [2.45, 2.75) is 20.0 Å². The fraction of sp³-hybridized carbons (Fsp3) is 0.385. The van der Waals surface area contributed by atoms with Gasteiger partial charge < -0.3 is 4.74 Å². The lowest BCUT2D eigenvalue weighted by molar-refractivity contribution is -0.137. The zero-order valence-corrected chi connectivity index (χ0v) is 13.2. The van der Waals surface area contributed by atoms with E-state index in [1.807, 2.05) is 6.92 Å². The number of carbonyl (C=O) groups is 1. The summed E-state index contributed by atoms with van der Waals surface area (Å²) in [5.74, 6) is -0.470. The molecule has 0 unspecified atom stereocenters. The number of ether oxygens (including phenoxy) is 1. The molecule has 0 N–H and O–H groups in total. The van der Waals surface area contributed by atoms with Gasteiger partial charge in [0.05, 0.1) is 39.0 Å². The summed E-state index contributed by atoms with van der Waals surface area (Å²) in [4.78, 5) is 11.0. The Kier molecular flexibility index (Phi) is 7.99. The van der Waals surface area contributed by atoms with Gasteiger partial charge in [-0.2, -0.15) is 18.4 Å². The molecule has 1 amide bonds. The topological polar surface area (TPSA) is 53.3 Å². The van der Waals surface area contributed by atoms with Crippen LogP contribution in [-0.2, 0) is 15.7 Å². The van der Waals surface area contributed by atoms with E-state index in [1.165, 1.54) is 19.1 Å². The lowest BCUT2D eigenvalue weighted by atomic mass is 10.1. The van der Waals surface area contributed by atoms with Gasteiger partial charge in [-0.1, -0.05) is 0 Å². The van der Waals surface area contributed by atoms with E-state index in [-0.39, 0.29) is 5.69 Å². The molecule has 0 fully saturated rings. The van der Waals surface area contributed by atoms with Crippen LogP contribution >= 0.6 is 16.1 Å². The van der Waals surface area contributed by atoms with E-state index in [2.05, 4.69) is 20.9 Å². The number of hydrogen-bond acceptors (Lipinski definition) is 3. The van der Waals surface area contributed by atoms with Crippen LogP contribution in [0.4, 0.5) is 18.9 Å². The van der Waals surface area contributed by atoms with Crippen LogP contribution in [0.1, 0.15) is 25.0 Å². The van der Waals surface area contributed by atoms with Gasteiger partial charge in [0.1, 0.15) is 0 Å². The van der Waals surface area contributed by atoms with E-state index < -0.39 is 23.2 Å². The summed E-state index contributed by atoms with van der Waals surface area (Å²) >= 11 is 2.83. The SMILES string of the molecule is CC(=O)N(Br)c1ccc(C#N)c(C(F)(F)F)c1.CCOC. The minimum atomic E-state index is -4.63. The van der Waals surface area contributed by atoms with Crippen LogP contribution in [0.2, 0.25) is 0 Å². The first kappa shape index (κ1) is 19.4. The Hall–Kier alpha value is -1.59. The molecule has 0 heterocycles. The van der Waals surface area contributed by atoms with Crippen molar-refractivity contribution in [3.05, 3.63) is 29.3 Å². The van der Waals surface area contributed by atoms with Gasteiger partial charge >= 0.3 is 6.18 Å². The molecule has 0 aliphatic rings. The van der Waals surface area contributed by atoms with Crippen LogP contribution in [0.15, 0.2) is 18.2 Å². The number of nitriles is 1. The van der Waals surface area contributed by atoms with E-state index in [0.717, 1.165) is 22.7 Å². The molecule has 0 spiro atoms. The number of rotatable bonds is 2. The molecule has 1 aromatic rings. The number of benzene rings is 1. The maximum absolute atomic E-state index is 12.6. The Labute approximate surface area is 129 Å².